The van der Waals surface area contributed by atoms with Crippen LogP contribution in [-0.2, 0) is 4.74 Å². The van der Waals surface area contributed by atoms with Crippen molar-refractivity contribution in [3.8, 4) is 17.6 Å². The van der Waals surface area contributed by atoms with E-state index in [1.807, 2.05) is 6.07 Å². The molecular formula is C17H11FN2O3. The predicted molar refractivity (Wildman–Crippen MR) is 80.8 cm³/mol. The van der Waals surface area contributed by atoms with Crippen molar-refractivity contribution in [2.75, 3.05) is 7.11 Å². The van der Waals surface area contributed by atoms with Gasteiger partial charge in [0.25, 0.3) is 0 Å². The van der Waals surface area contributed by atoms with Crippen molar-refractivity contribution in [1.29, 1.82) is 5.26 Å². The molecule has 6 heteroatoms. The molecule has 0 radical (unpaired) electrons. The SMILES string of the molecule is COC(=O)c1c(Oc2cccc(C#N)c2)c(F)cc2[nH]ccc12. The van der Waals surface area contributed by atoms with Gasteiger partial charge in [-0.15, -0.1) is 0 Å². The zero-order valence-corrected chi connectivity index (χ0v) is 12.1. The lowest BCUT2D eigenvalue weighted by Gasteiger charge is -2.12. The summed E-state index contributed by atoms with van der Waals surface area (Å²) < 4.78 is 24.7. The van der Waals surface area contributed by atoms with Crippen LogP contribution in [0.1, 0.15) is 15.9 Å². The Kier molecular flexibility index (Phi) is 3.69. The first-order valence-electron chi connectivity index (χ1n) is 6.70. The first kappa shape index (κ1) is 14.6. The van der Waals surface area contributed by atoms with Gasteiger partial charge in [-0.3, -0.25) is 0 Å². The van der Waals surface area contributed by atoms with Crippen molar-refractivity contribution >= 4 is 16.9 Å². The van der Waals surface area contributed by atoms with E-state index in [0.717, 1.165) is 0 Å². The number of methoxy groups -OCH3 is 1. The fraction of sp³-hybridized carbons (Fsp3) is 0.0588. The Bertz CT molecular complexity index is 941. The van der Waals surface area contributed by atoms with Gasteiger partial charge in [-0.2, -0.15) is 5.26 Å². The van der Waals surface area contributed by atoms with E-state index >= 15 is 0 Å². The van der Waals surface area contributed by atoms with Gasteiger partial charge in [0.2, 0.25) is 0 Å². The van der Waals surface area contributed by atoms with Gasteiger partial charge in [-0.1, -0.05) is 6.07 Å². The summed E-state index contributed by atoms with van der Waals surface area (Å²) in [6.07, 6.45) is 1.59. The fourth-order valence-corrected chi connectivity index (χ4v) is 2.31. The molecule has 1 aromatic heterocycles. The third kappa shape index (κ3) is 2.60. The lowest BCUT2D eigenvalue weighted by Crippen LogP contribution is -2.06. The number of benzene rings is 2. The van der Waals surface area contributed by atoms with Gasteiger partial charge in [-0.25, -0.2) is 9.18 Å². The van der Waals surface area contributed by atoms with Gasteiger partial charge in [0.1, 0.15) is 11.3 Å². The molecule has 114 valence electrons. The summed E-state index contributed by atoms with van der Waals surface area (Å²) in [7, 11) is 1.21. The van der Waals surface area contributed by atoms with Crippen LogP contribution in [-0.4, -0.2) is 18.1 Å². The van der Waals surface area contributed by atoms with Crippen LogP contribution in [0.15, 0.2) is 42.6 Å². The monoisotopic (exact) mass is 310 g/mol. The van der Waals surface area contributed by atoms with E-state index in [1.54, 1.807) is 30.5 Å². The molecule has 1 N–H and O–H groups in total. The number of esters is 1. The molecule has 23 heavy (non-hydrogen) atoms. The summed E-state index contributed by atoms with van der Waals surface area (Å²) in [5.74, 6) is -1.40. The maximum Gasteiger partial charge on any atom is 0.342 e. The van der Waals surface area contributed by atoms with Crippen LogP contribution < -0.4 is 4.74 Å². The Hall–Kier alpha value is -3.33. The Balaban J connectivity index is 2.17. The number of aromatic amines is 1. The molecule has 2 aromatic carbocycles. The summed E-state index contributed by atoms with van der Waals surface area (Å²) in [6.45, 7) is 0. The largest absolute Gasteiger partial charge is 0.465 e. The molecule has 5 nitrogen and oxygen atoms in total. The number of nitrogens with one attached hydrogen (secondary N) is 1. The summed E-state index contributed by atoms with van der Waals surface area (Å²) in [6, 6.07) is 11.1. The molecule has 0 atom stereocenters. The molecule has 0 bridgehead atoms. The Morgan fingerprint density at radius 2 is 2.13 bits per heavy atom. The number of H-pyrrole nitrogens is 1. The number of carbonyl (C=O) groups is 1. The van der Waals surface area contributed by atoms with Crippen molar-refractivity contribution in [3.05, 3.63) is 59.5 Å². The number of rotatable bonds is 3. The molecule has 0 spiro atoms. The second kappa shape index (κ2) is 5.81. The zero-order valence-electron chi connectivity index (χ0n) is 12.1. The lowest BCUT2D eigenvalue weighted by atomic mass is 10.1. The highest BCUT2D eigenvalue weighted by molar-refractivity contribution is 6.06. The van der Waals surface area contributed by atoms with Crippen LogP contribution in [0.3, 0.4) is 0 Å². The van der Waals surface area contributed by atoms with E-state index in [4.69, 9.17) is 14.7 Å². The first-order valence-corrected chi connectivity index (χ1v) is 6.70. The maximum absolute atomic E-state index is 14.4. The Morgan fingerprint density at radius 1 is 1.30 bits per heavy atom. The standard InChI is InChI=1S/C17H11FN2O3/c1-22-17(21)15-12-5-6-20-14(12)8-13(18)16(15)23-11-4-2-3-10(7-11)9-19/h2-8,20H,1H3. The number of nitriles is 1. The predicted octanol–water partition coefficient (Wildman–Crippen LogP) is 3.76. The molecule has 0 aliphatic heterocycles. The number of aromatic nitrogens is 1. The van der Waals surface area contributed by atoms with Crippen LogP contribution in [0.25, 0.3) is 10.9 Å². The van der Waals surface area contributed by atoms with E-state index in [1.165, 1.54) is 19.2 Å². The lowest BCUT2D eigenvalue weighted by molar-refractivity contribution is 0.0599. The highest BCUT2D eigenvalue weighted by Crippen LogP contribution is 2.34. The number of ether oxygens (including phenoxy) is 2. The molecule has 0 aliphatic carbocycles. The van der Waals surface area contributed by atoms with E-state index in [0.29, 0.717) is 16.5 Å². The Labute approximate surface area is 130 Å². The average molecular weight is 310 g/mol. The number of nitrogens with zero attached hydrogens (tertiary/aromatic N) is 1. The second-order valence-electron chi connectivity index (χ2n) is 4.73. The van der Waals surface area contributed by atoms with Gasteiger partial charge >= 0.3 is 5.97 Å². The molecule has 3 rings (SSSR count). The summed E-state index contributed by atoms with van der Waals surface area (Å²) in [4.78, 5) is 14.9. The van der Waals surface area contributed by atoms with E-state index in [-0.39, 0.29) is 17.1 Å². The quantitative estimate of drug-likeness (QED) is 0.747. The molecular weight excluding hydrogens is 299 g/mol. The zero-order chi connectivity index (χ0) is 16.4. The van der Waals surface area contributed by atoms with Crippen LogP contribution in [0.4, 0.5) is 4.39 Å². The average Bonchev–Trinajstić information content (AvgIpc) is 3.02. The van der Waals surface area contributed by atoms with Crippen molar-refractivity contribution < 1.29 is 18.7 Å². The minimum atomic E-state index is -0.708. The van der Waals surface area contributed by atoms with Crippen LogP contribution in [0.5, 0.6) is 11.5 Å². The highest BCUT2D eigenvalue weighted by Gasteiger charge is 2.23. The molecule has 0 fully saturated rings. The maximum atomic E-state index is 14.4. The smallest absolute Gasteiger partial charge is 0.342 e. The summed E-state index contributed by atoms with van der Waals surface area (Å²) in [5.41, 5.74) is 0.817. The minimum Gasteiger partial charge on any atom is -0.465 e. The summed E-state index contributed by atoms with van der Waals surface area (Å²) in [5, 5.41) is 9.41. The van der Waals surface area contributed by atoms with E-state index in [9.17, 15) is 9.18 Å². The molecule has 1 heterocycles. The highest BCUT2D eigenvalue weighted by atomic mass is 19.1. The normalized spacial score (nSPS) is 10.3. The van der Waals surface area contributed by atoms with Crippen molar-refractivity contribution in [2.45, 2.75) is 0 Å². The van der Waals surface area contributed by atoms with Crippen molar-refractivity contribution in [1.82, 2.24) is 4.98 Å². The number of fused-ring (bicyclic) bond motifs is 1. The van der Waals surface area contributed by atoms with Gasteiger partial charge in [0, 0.05) is 23.2 Å². The topological polar surface area (TPSA) is 75.1 Å². The van der Waals surface area contributed by atoms with E-state index in [2.05, 4.69) is 4.98 Å². The Morgan fingerprint density at radius 3 is 2.87 bits per heavy atom. The molecule has 0 saturated carbocycles. The van der Waals surface area contributed by atoms with Crippen LogP contribution >= 0.6 is 0 Å². The first-order chi connectivity index (χ1) is 11.1. The minimum absolute atomic E-state index is 0.00823. The van der Waals surface area contributed by atoms with Gasteiger partial charge in [0.05, 0.1) is 18.7 Å². The van der Waals surface area contributed by atoms with Crippen LogP contribution in [0, 0.1) is 17.1 Å². The number of carbonyl (C=O) groups excluding carboxylic acids is 1. The van der Waals surface area contributed by atoms with Crippen LogP contribution in [0.2, 0.25) is 0 Å². The third-order valence-corrected chi connectivity index (χ3v) is 3.34. The second-order valence-corrected chi connectivity index (χ2v) is 4.73. The fourth-order valence-electron chi connectivity index (χ4n) is 2.31. The molecule has 0 amide bonds. The number of hydrogen-bond acceptors (Lipinski definition) is 4. The molecule has 0 saturated heterocycles. The third-order valence-electron chi connectivity index (χ3n) is 3.34. The molecule has 3 aromatic rings. The number of halogens is 1. The molecule has 0 aliphatic rings. The van der Waals surface area contributed by atoms with Gasteiger partial charge < -0.3 is 14.5 Å². The molecule has 0 unspecified atom stereocenters. The van der Waals surface area contributed by atoms with E-state index < -0.39 is 11.8 Å². The van der Waals surface area contributed by atoms with Gasteiger partial charge in [-0.05, 0) is 24.3 Å². The summed E-state index contributed by atoms with van der Waals surface area (Å²) >= 11 is 0. The van der Waals surface area contributed by atoms with Gasteiger partial charge in [0.15, 0.2) is 11.6 Å². The number of hydrogen-bond donors (Lipinski definition) is 1. The van der Waals surface area contributed by atoms with Crippen molar-refractivity contribution in [2.24, 2.45) is 0 Å². The van der Waals surface area contributed by atoms with Crippen molar-refractivity contribution in [3.63, 3.8) is 0 Å².